The molecule has 0 radical (unpaired) electrons. The summed E-state index contributed by atoms with van der Waals surface area (Å²) in [7, 11) is 1.37. The summed E-state index contributed by atoms with van der Waals surface area (Å²) in [4.78, 5) is 18.8. The van der Waals surface area contributed by atoms with Gasteiger partial charge in [-0.25, -0.2) is 4.98 Å². The quantitative estimate of drug-likeness (QED) is 0.409. The summed E-state index contributed by atoms with van der Waals surface area (Å²) in [6.07, 6.45) is 2.05. The summed E-state index contributed by atoms with van der Waals surface area (Å²) >= 11 is 0. The Hall–Kier alpha value is -1.91. The van der Waals surface area contributed by atoms with Crippen molar-refractivity contribution in [1.29, 1.82) is 0 Å². The molecule has 13 heavy (non-hydrogen) atoms. The van der Waals surface area contributed by atoms with E-state index in [0.717, 1.165) is 0 Å². The van der Waals surface area contributed by atoms with Gasteiger partial charge in [0.1, 0.15) is 12.9 Å². The number of pyridine rings is 1. The molecule has 0 spiro atoms. The van der Waals surface area contributed by atoms with Crippen LogP contribution in [0.3, 0.4) is 0 Å². The lowest BCUT2D eigenvalue weighted by Crippen LogP contribution is -2.04. The van der Waals surface area contributed by atoms with E-state index in [9.17, 15) is 4.79 Å². The van der Waals surface area contributed by atoms with E-state index in [1.807, 2.05) is 0 Å². The number of hydrogen-bond donors (Lipinski definition) is 1. The molecule has 0 aliphatic carbocycles. The predicted molar refractivity (Wildman–Crippen MR) is 48.3 cm³/mol. The van der Waals surface area contributed by atoms with Crippen molar-refractivity contribution in [2.75, 3.05) is 12.8 Å². The predicted octanol–water partition coefficient (Wildman–Crippen LogP) is 0.213. The van der Waals surface area contributed by atoms with Crippen molar-refractivity contribution in [3.63, 3.8) is 0 Å². The summed E-state index contributed by atoms with van der Waals surface area (Å²) in [5.41, 5.74) is 6.14. The van der Waals surface area contributed by atoms with Crippen molar-refractivity contribution in [3.8, 4) is 0 Å². The third-order valence-electron chi connectivity index (χ3n) is 1.38. The standard InChI is InChI=1S/C8H9N3O2/c1-13-11-7(5-12)6-2-3-8(9)10-4-6/h2-5H,1H3,(H2,9,10)/b11-7+. The summed E-state index contributed by atoms with van der Waals surface area (Å²) in [5, 5.41) is 3.51. The Morgan fingerprint density at radius 1 is 1.69 bits per heavy atom. The smallest absolute Gasteiger partial charge is 0.172 e. The van der Waals surface area contributed by atoms with Gasteiger partial charge in [-0.05, 0) is 12.1 Å². The summed E-state index contributed by atoms with van der Waals surface area (Å²) in [6, 6.07) is 3.23. The van der Waals surface area contributed by atoms with Gasteiger partial charge in [-0.15, -0.1) is 0 Å². The first kappa shape index (κ1) is 9.18. The molecule has 1 heterocycles. The van der Waals surface area contributed by atoms with Gasteiger partial charge in [0.15, 0.2) is 12.0 Å². The average Bonchev–Trinajstić information content (AvgIpc) is 2.16. The highest BCUT2D eigenvalue weighted by atomic mass is 16.6. The molecular formula is C8H9N3O2. The molecule has 0 unspecified atom stereocenters. The van der Waals surface area contributed by atoms with Gasteiger partial charge in [-0.2, -0.15) is 0 Å². The van der Waals surface area contributed by atoms with Crippen LogP contribution in [0.4, 0.5) is 5.82 Å². The van der Waals surface area contributed by atoms with E-state index in [2.05, 4.69) is 15.0 Å². The SMILES string of the molecule is CO/N=C(\C=O)c1ccc(N)nc1. The van der Waals surface area contributed by atoms with Crippen LogP contribution in [0.25, 0.3) is 0 Å². The van der Waals surface area contributed by atoms with E-state index in [1.54, 1.807) is 12.1 Å². The maximum atomic E-state index is 10.5. The summed E-state index contributed by atoms with van der Waals surface area (Å²) in [5.74, 6) is 0.395. The number of carbonyl (C=O) groups excluding carboxylic acids is 1. The first-order valence-corrected chi connectivity index (χ1v) is 3.56. The number of nitrogens with two attached hydrogens (primary N) is 1. The van der Waals surface area contributed by atoms with Crippen LogP contribution >= 0.6 is 0 Å². The minimum Gasteiger partial charge on any atom is -0.399 e. The number of nitrogen functional groups attached to an aromatic ring is 1. The van der Waals surface area contributed by atoms with Crippen LogP contribution in [0.15, 0.2) is 23.5 Å². The van der Waals surface area contributed by atoms with E-state index in [1.165, 1.54) is 13.3 Å². The molecule has 5 heteroatoms. The van der Waals surface area contributed by atoms with Crippen molar-refractivity contribution < 1.29 is 9.63 Å². The Kier molecular flexibility index (Phi) is 2.97. The first-order valence-electron chi connectivity index (χ1n) is 3.56. The molecular weight excluding hydrogens is 170 g/mol. The molecule has 0 fully saturated rings. The Morgan fingerprint density at radius 2 is 2.46 bits per heavy atom. The van der Waals surface area contributed by atoms with E-state index in [0.29, 0.717) is 17.7 Å². The maximum Gasteiger partial charge on any atom is 0.172 e. The number of aromatic nitrogens is 1. The average molecular weight is 179 g/mol. The van der Waals surface area contributed by atoms with Crippen molar-refractivity contribution in [2.45, 2.75) is 0 Å². The molecule has 0 aromatic carbocycles. The minimum absolute atomic E-state index is 0.190. The van der Waals surface area contributed by atoms with Gasteiger partial charge < -0.3 is 10.6 Å². The van der Waals surface area contributed by atoms with Crippen LogP contribution < -0.4 is 5.73 Å². The highest BCUT2D eigenvalue weighted by Crippen LogP contribution is 2.02. The molecule has 0 saturated carbocycles. The second-order valence-corrected chi connectivity index (χ2v) is 2.25. The minimum atomic E-state index is 0.190. The highest BCUT2D eigenvalue weighted by molar-refractivity contribution is 6.36. The monoisotopic (exact) mass is 179 g/mol. The zero-order valence-electron chi connectivity index (χ0n) is 7.10. The van der Waals surface area contributed by atoms with Crippen LogP contribution in [0, 0.1) is 0 Å². The Morgan fingerprint density at radius 3 is 2.92 bits per heavy atom. The molecule has 1 aromatic heterocycles. The molecule has 0 saturated heterocycles. The first-order chi connectivity index (χ1) is 6.27. The highest BCUT2D eigenvalue weighted by Gasteiger charge is 2.02. The summed E-state index contributed by atoms with van der Waals surface area (Å²) in [6.45, 7) is 0. The third-order valence-corrected chi connectivity index (χ3v) is 1.38. The maximum absolute atomic E-state index is 10.5. The molecule has 0 amide bonds. The van der Waals surface area contributed by atoms with E-state index >= 15 is 0 Å². The number of aldehydes is 1. The molecule has 0 bridgehead atoms. The fraction of sp³-hybridized carbons (Fsp3) is 0.125. The van der Waals surface area contributed by atoms with Crippen LogP contribution in [0.2, 0.25) is 0 Å². The number of oxime groups is 1. The molecule has 1 rings (SSSR count). The van der Waals surface area contributed by atoms with Crippen LogP contribution in [-0.2, 0) is 9.63 Å². The lowest BCUT2D eigenvalue weighted by Gasteiger charge is -1.97. The van der Waals surface area contributed by atoms with Crippen LogP contribution in [0.5, 0.6) is 0 Å². The Bertz CT molecular complexity index is 319. The molecule has 1 aromatic rings. The zero-order valence-corrected chi connectivity index (χ0v) is 7.10. The molecule has 0 aliphatic heterocycles. The largest absolute Gasteiger partial charge is 0.399 e. The zero-order chi connectivity index (χ0) is 9.68. The van der Waals surface area contributed by atoms with Gasteiger partial charge in [0.25, 0.3) is 0 Å². The Labute approximate surface area is 75.2 Å². The normalized spacial score (nSPS) is 11.0. The van der Waals surface area contributed by atoms with E-state index in [-0.39, 0.29) is 5.71 Å². The van der Waals surface area contributed by atoms with Crippen LogP contribution in [-0.4, -0.2) is 24.1 Å². The van der Waals surface area contributed by atoms with Gasteiger partial charge in [0.05, 0.1) is 0 Å². The fourth-order valence-corrected chi connectivity index (χ4v) is 0.797. The lowest BCUT2D eigenvalue weighted by molar-refractivity contribution is -0.102. The number of hydrogen-bond acceptors (Lipinski definition) is 5. The van der Waals surface area contributed by atoms with Crippen molar-refractivity contribution in [1.82, 2.24) is 4.98 Å². The van der Waals surface area contributed by atoms with Gasteiger partial charge >= 0.3 is 0 Å². The number of anilines is 1. The fourth-order valence-electron chi connectivity index (χ4n) is 0.797. The third kappa shape index (κ3) is 2.26. The van der Waals surface area contributed by atoms with Crippen LogP contribution in [0.1, 0.15) is 5.56 Å². The van der Waals surface area contributed by atoms with Crippen molar-refractivity contribution in [3.05, 3.63) is 23.9 Å². The number of rotatable bonds is 3. The van der Waals surface area contributed by atoms with Crippen molar-refractivity contribution in [2.24, 2.45) is 5.16 Å². The summed E-state index contributed by atoms with van der Waals surface area (Å²) < 4.78 is 0. The lowest BCUT2D eigenvalue weighted by atomic mass is 10.2. The molecule has 0 aliphatic rings. The van der Waals surface area contributed by atoms with Gasteiger partial charge in [0.2, 0.25) is 0 Å². The molecule has 0 atom stereocenters. The number of nitrogens with zero attached hydrogens (tertiary/aromatic N) is 2. The van der Waals surface area contributed by atoms with E-state index < -0.39 is 0 Å². The second kappa shape index (κ2) is 4.20. The Balaban J connectivity index is 2.99. The number of carbonyl (C=O) groups is 1. The molecule has 2 N–H and O–H groups in total. The second-order valence-electron chi connectivity index (χ2n) is 2.25. The molecule has 5 nitrogen and oxygen atoms in total. The van der Waals surface area contributed by atoms with Gasteiger partial charge in [-0.3, -0.25) is 4.79 Å². The van der Waals surface area contributed by atoms with E-state index in [4.69, 9.17) is 5.73 Å². The van der Waals surface area contributed by atoms with Crippen molar-refractivity contribution >= 4 is 17.8 Å². The van der Waals surface area contributed by atoms with Gasteiger partial charge in [0, 0.05) is 11.8 Å². The topological polar surface area (TPSA) is 77.6 Å². The molecule has 68 valence electrons. The van der Waals surface area contributed by atoms with Gasteiger partial charge in [-0.1, -0.05) is 5.16 Å².